The molecule has 0 spiro atoms. The number of para-hydroxylation sites is 1. The van der Waals surface area contributed by atoms with Crippen molar-refractivity contribution in [1.29, 1.82) is 0 Å². The number of carbonyl (C=O) groups excluding carboxylic acids is 1. The lowest BCUT2D eigenvalue weighted by Gasteiger charge is -2.19. The summed E-state index contributed by atoms with van der Waals surface area (Å²) in [5.41, 5.74) is 2.59. The van der Waals surface area contributed by atoms with Gasteiger partial charge in [0, 0.05) is 36.5 Å². The minimum Gasteiger partial charge on any atom is -0.350 e. The number of ketones is 1. The standard InChI is InChI=1S/C16H19NO/c1-17-11-13(14-7-3-4-8-15(14)17)10-12-6-2-5-9-16(12)18/h3-4,7-8,11-12H,2,5-6,9-10H2,1H3. The molecule has 1 aromatic heterocycles. The highest BCUT2D eigenvalue weighted by atomic mass is 16.1. The van der Waals surface area contributed by atoms with E-state index in [1.807, 2.05) is 0 Å². The number of fused-ring (bicyclic) bond motifs is 1. The van der Waals surface area contributed by atoms with Crippen molar-refractivity contribution in [2.75, 3.05) is 0 Å². The molecule has 1 fully saturated rings. The average molecular weight is 241 g/mol. The fourth-order valence-corrected chi connectivity index (χ4v) is 3.12. The average Bonchev–Trinajstić information content (AvgIpc) is 2.70. The van der Waals surface area contributed by atoms with E-state index in [-0.39, 0.29) is 5.92 Å². The second kappa shape index (κ2) is 4.60. The van der Waals surface area contributed by atoms with Gasteiger partial charge in [-0.15, -0.1) is 0 Å². The van der Waals surface area contributed by atoms with E-state index in [1.165, 1.54) is 22.9 Å². The smallest absolute Gasteiger partial charge is 0.136 e. The summed E-state index contributed by atoms with van der Waals surface area (Å²) in [6.45, 7) is 0. The van der Waals surface area contributed by atoms with Gasteiger partial charge in [-0.3, -0.25) is 4.79 Å². The van der Waals surface area contributed by atoms with Crippen LogP contribution in [0.3, 0.4) is 0 Å². The van der Waals surface area contributed by atoms with E-state index in [0.717, 1.165) is 25.7 Å². The van der Waals surface area contributed by atoms with E-state index in [9.17, 15) is 4.79 Å². The quantitative estimate of drug-likeness (QED) is 0.789. The van der Waals surface area contributed by atoms with Crippen LogP contribution >= 0.6 is 0 Å². The van der Waals surface area contributed by atoms with Gasteiger partial charge in [-0.25, -0.2) is 0 Å². The Labute approximate surface area is 108 Å². The first-order chi connectivity index (χ1) is 8.75. The Morgan fingerprint density at radius 2 is 2.11 bits per heavy atom. The second-order valence-corrected chi connectivity index (χ2v) is 5.40. The molecule has 0 bridgehead atoms. The first-order valence-corrected chi connectivity index (χ1v) is 6.81. The zero-order valence-corrected chi connectivity index (χ0v) is 10.9. The van der Waals surface area contributed by atoms with E-state index >= 15 is 0 Å². The van der Waals surface area contributed by atoms with Crippen LogP contribution < -0.4 is 0 Å². The van der Waals surface area contributed by atoms with Gasteiger partial charge in [-0.05, 0) is 30.9 Å². The largest absolute Gasteiger partial charge is 0.350 e. The number of hydrogen-bond donors (Lipinski definition) is 0. The van der Waals surface area contributed by atoms with Crippen molar-refractivity contribution >= 4 is 16.7 Å². The number of hydrogen-bond acceptors (Lipinski definition) is 1. The number of benzene rings is 1. The Morgan fingerprint density at radius 3 is 2.94 bits per heavy atom. The summed E-state index contributed by atoms with van der Waals surface area (Å²) in [7, 11) is 2.08. The third kappa shape index (κ3) is 1.96. The van der Waals surface area contributed by atoms with Crippen LogP contribution in [0.25, 0.3) is 10.9 Å². The molecule has 18 heavy (non-hydrogen) atoms. The monoisotopic (exact) mass is 241 g/mol. The van der Waals surface area contributed by atoms with Crippen molar-refractivity contribution < 1.29 is 4.79 Å². The molecular formula is C16H19NO. The molecule has 2 nitrogen and oxygen atoms in total. The van der Waals surface area contributed by atoms with Crippen molar-refractivity contribution in [2.24, 2.45) is 13.0 Å². The van der Waals surface area contributed by atoms with Crippen LogP contribution in [0, 0.1) is 5.92 Å². The number of aromatic nitrogens is 1. The molecule has 2 aromatic rings. The molecule has 3 rings (SSSR count). The SMILES string of the molecule is Cn1cc(CC2CCCCC2=O)c2ccccc21. The van der Waals surface area contributed by atoms with Crippen LogP contribution in [-0.4, -0.2) is 10.4 Å². The summed E-state index contributed by atoms with van der Waals surface area (Å²) in [5, 5.41) is 1.30. The fraction of sp³-hybridized carbons (Fsp3) is 0.438. The lowest BCUT2D eigenvalue weighted by Crippen LogP contribution is -2.20. The van der Waals surface area contributed by atoms with E-state index in [2.05, 4.69) is 42.1 Å². The predicted octanol–water partition coefficient (Wildman–Crippen LogP) is 3.48. The first kappa shape index (κ1) is 11.5. The number of nitrogens with zero attached hydrogens (tertiary/aromatic N) is 1. The summed E-state index contributed by atoms with van der Waals surface area (Å²) in [4.78, 5) is 11.9. The Balaban J connectivity index is 1.92. The molecule has 0 radical (unpaired) electrons. The molecular weight excluding hydrogens is 222 g/mol. The molecule has 1 heterocycles. The van der Waals surface area contributed by atoms with Gasteiger partial charge in [0.2, 0.25) is 0 Å². The zero-order chi connectivity index (χ0) is 12.5. The minimum absolute atomic E-state index is 0.254. The van der Waals surface area contributed by atoms with Gasteiger partial charge >= 0.3 is 0 Å². The lowest BCUT2D eigenvalue weighted by atomic mass is 9.84. The van der Waals surface area contributed by atoms with Crippen LogP contribution in [-0.2, 0) is 18.3 Å². The van der Waals surface area contributed by atoms with Gasteiger partial charge in [0.1, 0.15) is 5.78 Å². The first-order valence-electron chi connectivity index (χ1n) is 6.81. The van der Waals surface area contributed by atoms with Gasteiger partial charge in [0.15, 0.2) is 0 Å². The van der Waals surface area contributed by atoms with Crippen LogP contribution in [0.1, 0.15) is 31.2 Å². The molecule has 0 amide bonds. The number of Topliss-reactive ketones (excluding diaryl/α,β-unsaturated/α-hetero) is 1. The van der Waals surface area contributed by atoms with Crippen molar-refractivity contribution in [2.45, 2.75) is 32.1 Å². The molecule has 1 unspecified atom stereocenters. The molecule has 1 atom stereocenters. The third-order valence-electron chi connectivity index (χ3n) is 4.13. The van der Waals surface area contributed by atoms with E-state index < -0.39 is 0 Å². The normalized spacial score (nSPS) is 20.5. The third-order valence-corrected chi connectivity index (χ3v) is 4.13. The van der Waals surface area contributed by atoms with Gasteiger partial charge in [0.25, 0.3) is 0 Å². The van der Waals surface area contributed by atoms with E-state index in [4.69, 9.17) is 0 Å². The molecule has 1 aliphatic rings. The molecule has 2 heteroatoms. The minimum atomic E-state index is 0.254. The maximum absolute atomic E-state index is 11.9. The Bertz CT molecular complexity index is 582. The van der Waals surface area contributed by atoms with Gasteiger partial charge < -0.3 is 4.57 Å². The Morgan fingerprint density at radius 1 is 1.28 bits per heavy atom. The second-order valence-electron chi connectivity index (χ2n) is 5.40. The summed E-state index contributed by atoms with van der Waals surface area (Å²) in [6.07, 6.45) is 7.26. The summed E-state index contributed by atoms with van der Waals surface area (Å²) < 4.78 is 2.16. The van der Waals surface area contributed by atoms with Gasteiger partial charge in [0.05, 0.1) is 0 Å². The van der Waals surface area contributed by atoms with Crippen LogP contribution in [0.4, 0.5) is 0 Å². The highest BCUT2D eigenvalue weighted by molar-refractivity contribution is 5.86. The van der Waals surface area contributed by atoms with E-state index in [1.54, 1.807) is 0 Å². The molecule has 94 valence electrons. The summed E-state index contributed by atoms with van der Waals surface area (Å²) in [5.74, 6) is 0.721. The Hall–Kier alpha value is -1.57. The maximum Gasteiger partial charge on any atom is 0.136 e. The molecule has 1 aromatic carbocycles. The molecule has 0 aliphatic heterocycles. The van der Waals surface area contributed by atoms with Crippen molar-refractivity contribution in [3.63, 3.8) is 0 Å². The molecule has 1 aliphatic carbocycles. The summed E-state index contributed by atoms with van der Waals surface area (Å²) in [6, 6.07) is 8.45. The number of carbonyl (C=O) groups is 1. The number of aryl methyl sites for hydroxylation is 1. The lowest BCUT2D eigenvalue weighted by molar-refractivity contribution is -0.124. The zero-order valence-electron chi connectivity index (χ0n) is 10.9. The van der Waals surface area contributed by atoms with Gasteiger partial charge in [-0.1, -0.05) is 24.6 Å². The topological polar surface area (TPSA) is 22.0 Å². The number of rotatable bonds is 2. The van der Waals surface area contributed by atoms with Crippen LogP contribution in [0.5, 0.6) is 0 Å². The van der Waals surface area contributed by atoms with Crippen molar-refractivity contribution in [3.05, 3.63) is 36.0 Å². The fourth-order valence-electron chi connectivity index (χ4n) is 3.12. The Kier molecular flexibility index (Phi) is 2.94. The van der Waals surface area contributed by atoms with Crippen molar-refractivity contribution in [1.82, 2.24) is 4.57 Å². The maximum atomic E-state index is 11.9. The van der Waals surface area contributed by atoms with Crippen LogP contribution in [0.15, 0.2) is 30.5 Å². The molecule has 0 N–H and O–H groups in total. The predicted molar refractivity (Wildman–Crippen MR) is 73.6 cm³/mol. The van der Waals surface area contributed by atoms with E-state index in [0.29, 0.717) is 5.78 Å². The molecule has 0 saturated heterocycles. The van der Waals surface area contributed by atoms with Crippen LogP contribution in [0.2, 0.25) is 0 Å². The molecule has 1 saturated carbocycles. The van der Waals surface area contributed by atoms with Crippen molar-refractivity contribution in [3.8, 4) is 0 Å². The summed E-state index contributed by atoms with van der Waals surface area (Å²) >= 11 is 0. The highest BCUT2D eigenvalue weighted by Crippen LogP contribution is 2.28. The highest BCUT2D eigenvalue weighted by Gasteiger charge is 2.23. The van der Waals surface area contributed by atoms with Gasteiger partial charge in [-0.2, -0.15) is 0 Å².